The molecule has 0 bridgehead atoms. The lowest BCUT2D eigenvalue weighted by Gasteiger charge is -2.52. The van der Waals surface area contributed by atoms with Gasteiger partial charge in [0.1, 0.15) is 74.6 Å². The molecule has 5 heterocycles. The average molecular weight is 1890 g/mol. The Kier molecular flexibility index (Phi) is 35.2. The highest BCUT2D eigenvalue weighted by atomic mass is 16.8. The second kappa shape index (κ2) is 48.6. The van der Waals surface area contributed by atoms with E-state index in [1.807, 2.05) is 0 Å². The largest absolute Gasteiger partial charge is 0.463 e. The molecule has 4 saturated heterocycles. The Morgan fingerprint density at radius 1 is 0.304 bits per heavy atom. The molecular weight excluding hydrogens is 1790 g/mol. The van der Waals surface area contributed by atoms with Crippen LogP contribution in [0.4, 0.5) is 0 Å². The van der Waals surface area contributed by atoms with E-state index in [2.05, 4.69) is 12.2 Å². The Hall–Kier alpha value is -14.1. The minimum Gasteiger partial charge on any atom is -0.463 e. The van der Waals surface area contributed by atoms with Crippen molar-refractivity contribution in [2.45, 2.75) is 202 Å². The molecule has 5 aliphatic rings. The highest BCUT2D eigenvalue weighted by Crippen LogP contribution is 2.44. The zero-order chi connectivity index (χ0) is 97.1. The van der Waals surface area contributed by atoms with Crippen molar-refractivity contribution < 1.29 is 152 Å². The van der Waals surface area contributed by atoms with Crippen molar-refractivity contribution in [3.05, 3.63) is 323 Å². The maximum absolute atomic E-state index is 16.2. The highest BCUT2D eigenvalue weighted by Gasteiger charge is 2.64. The van der Waals surface area contributed by atoms with E-state index in [9.17, 15) is 33.6 Å². The van der Waals surface area contributed by atoms with Crippen LogP contribution in [0, 0.1) is 0 Å². The molecule has 34 heteroatoms. The lowest BCUT2D eigenvalue weighted by molar-refractivity contribution is -0.378. The molecule has 0 saturated carbocycles. The van der Waals surface area contributed by atoms with Crippen molar-refractivity contribution >= 4 is 77.4 Å². The first-order chi connectivity index (χ1) is 67.0. The quantitative estimate of drug-likeness (QED) is 0.0161. The van der Waals surface area contributed by atoms with E-state index in [1.54, 1.807) is 97.1 Å². The Labute approximate surface area is 794 Å². The normalized spacial score (nSPS) is 24.8. The summed E-state index contributed by atoms with van der Waals surface area (Å²) < 4.78 is 127. The summed E-state index contributed by atoms with van der Waals surface area (Å²) >= 11 is 0. The monoisotopic (exact) mass is 1890 g/mol. The molecular formula is C104H104N2O32. The van der Waals surface area contributed by atoms with Crippen LogP contribution in [0.25, 0.3) is 0 Å². The minimum atomic E-state index is -2.48. The van der Waals surface area contributed by atoms with Gasteiger partial charge in [-0.15, -0.1) is 0 Å². The molecule has 0 aromatic heterocycles. The first-order valence-corrected chi connectivity index (χ1v) is 45.2. The van der Waals surface area contributed by atoms with E-state index in [0.717, 1.165) is 53.4 Å². The number of rotatable bonds is 40. The molecule has 20 unspecified atom stereocenters. The second-order valence-corrected chi connectivity index (χ2v) is 32.9. The van der Waals surface area contributed by atoms with Gasteiger partial charge in [0.15, 0.2) is 67.9 Å². The number of hydrogen-bond acceptors (Lipinski definition) is 32. The Morgan fingerprint density at radius 2 is 0.630 bits per heavy atom. The van der Waals surface area contributed by atoms with Crippen molar-refractivity contribution in [1.29, 1.82) is 0 Å². The van der Waals surface area contributed by atoms with Gasteiger partial charge in [-0.2, -0.15) is 0 Å². The fourth-order valence-corrected chi connectivity index (χ4v) is 16.6. The molecule has 138 heavy (non-hydrogen) atoms. The minimum absolute atomic E-state index is 0.0126. The van der Waals surface area contributed by atoms with Crippen molar-refractivity contribution in [3.8, 4) is 0 Å². The third-order valence-electron chi connectivity index (χ3n) is 23.1. The van der Waals surface area contributed by atoms with Crippen LogP contribution >= 0.6 is 0 Å². The van der Waals surface area contributed by atoms with Crippen molar-refractivity contribution in [1.82, 2.24) is 10.2 Å². The summed E-state index contributed by atoms with van der Waals surface area (Å²) in [4.78, 5) is 195. The Balaban J connectivity index is 0.986. The SMILES string of the molecule is CCCCCCCCOC1OC(COC(C)=O)C(OC(C)=O)C(OC2OC(COC(=O)c3ccccc3)C(OC(=O)c3ccccc3)C(OC3OC(COCc4ccccc4)C(OC4OC(COC(=O)c5ccccc5)C(OC(=O)c5ccccc5)C(OC(=O)c5ccccc5)C4OC(=O)c4ccccc4)C(OC(C)=O)C3N3C(=O)c4ccccc4C3=O)C2OC(=O)c2ccccc2)C1NC(C)=O. The summed E-state index contributed by atoms with van der Waals surface area (Å²) in [5, 5.41) is 2.82. The van der Waals surface area contributed by atoms with Crippen LogP contribution in [0.5, 0.6) is 0 Å². The van der Waals surface area contributed by atoms with Gasteiger partial charge in [0.25, 0.3) is 11.8 Å². The van der Waals surface area contributed by atoms with E-state index in [4.69, 9.17) is 90.0 Å². The third kappa shape index (κ3) is 25.8. The second-order valence-electron chi connectivity index (χ2n) is 32.9. The highest BCUT2D eigenvalue weighted by molar-refractivity contribution is 6.21. The zero-order valence-corrected chi connectivity index (χ0v) is 75.9. The number of carbonyl (C=O) groups excluding carboxylic acids is 13. The Morgan fingerprint density at radius 3 is 1.05 bits per heavy atom. The summed E-state index contributed by atoms with van der Waals surface area (Å²) in [5.74, 6) is -13.7. The van der Waals surface area contributed by atoms with E-state index in [-0.39, 0.29) is 63.3 Å². The third-order valence-corrected chi connectivity index (χ3v) is 23.1. The summed E-state index contributed by atoms with van der Waals surface area (Å²) in [6.07, 6.45) is -32.8. The predicted octanol–water partition coefficient (Wildman–Crippen LogP) is 12.1. The number of nitrogens with one attached hydrogen (secondary N) is 1. The van der Waals surface area contributed by atoms with Crippen molar-refractivity contribution in [2.24, 2.45) is 0 Å². The van der Waals surface area contributed by atoms with E-state index in [1.165, 1.54) is 170 Å². The van der Waals surface area contributed by atoms with Gasteiger partial charge in [-0.05, 0) is 109 Å². The van der Waals surface area contributed by atoms with Gasteiger partial charge in [-0.25, -0.2) is 33.6 Å². The number of carbonyl (C=O) groups is 13. The lowest BCUT2D eigenvalue weighted by atomic mass is 9.92. The van der Waals surface area contributed by atoms with Crippen molar-refractivity contribution in [2.75, 3.05) is 33.0 Å². The summed E-state index contributed by atoms with van der Waals surface area (Å²) in [6.45, 7) is 2.70. The summed E-state index contributed by atoms with van der Waals surface area (Å²) in [7, 11) is 0. The van der Waals surface area contributed by atoms with Gasteiger partial charge in [0, 0.05) is 34.3 Å². The number of ether oxygens (including phenoxy) is 19. The molecule has 0 spiro atoms. The van der Waals surface area contributed by atoms with Gasteiger partial charge >= 0.3 is 59.7 Å². The van der Waals surface area contributed by atoms with Crippen LogP contribution in [0.3, 0.4) is 0 Å². The topological polar surface area (TPSA) is 413 Å². The molecule has 9 aromatic rings. The van der Waals surface area contributed by atoms with Gasteiger partial charge < -0.3 is 95.3 Å². The van der Waals surface area contributed by atoms with Crippen LogP contribution < -0.4 is 5.32 Å². The number of benzene rings is 9. The first-order valence-electron chi connectivity index (χ1n) is 45.2. The fraction of sp³-hybridized carbons (Fsp3) is 0.356. The molecule has 0 aliphatic carbocycles. The smallest absolute Gasteiger partial charge is 0.338 e. The number of nitrogens with zero attached hydrogens (tertiary/aromatic N) is 1. The molecule has 5 aliphatic heterocycles. The number of esters is 10. The fourth-order valence-electron chi connectivity index (χ4n) is 16.6. The van der Waals surface area contributed by atoms with Crippen LogP contribution in [-0.2, 0) is 116 Å². The van der Waals surface area contributed by atoms with Gasteiger partial charge in [0.2, 0.25) is 5.91 Å². The first kappa shape index (κ1) is 99.9. The maximum Gasteiger partial charge on any atom is 0.338 e. The van der Waals surface area contributed by atoms with Crippen molar-refractivity contribution in [3.63, 3.8) is 0 Å². The number of fused-ring (bicyclic) bond motifs is 1. The summed E-state index contributed by atoms with van der Waals surface area (Å²) in [5.41, 5.74) is -0.535. The average Bonchev–Trinajstić information content (AvgIpc) is 1.52. The predicted molar refractivity (Wildman–Crippen MR) is 482 cm³/mol. The number of amides is 3. The molecule has 3 amide bonds. The van der Waals surface area contributed by atoms with Crippen LogP contribution in [0.1, 0.15) is 172 Å². The van der Waals surface area contributed by atoms with Gasteiger partial charge in [-0.1, -0.05) is 209 Å². The molecule has 20 atom stereocenters. The molecule has 14 rings (SSSR count). The number of imide groups is 1. The number of unbranched alkanes of at least 4 members (excludes halogenated alkanes) is 5. The molecule has 0 radical (unpaired) electrons. The Bertz CT molecular complexity index is 5600. The van der Waals surface area contributed by atoms with E-state index < -0.39 is 227 Å². The van der Waals surface area contributed by atoms with E-state index in [0.29, 0.717) is 23.3 Å². The summed E-state index contributed by atoms with van der Waals surface area (Å²) in [6, 6.07) is 62.6. The lowest BCUT2D eigenvalue weighted by Crippen LogP contribution is -2.72. The standard InChI is InChI=1S/C104H104N2O32/c1-6-7-8-9-10-37-56-121-101-80(105-62(2)107)86(82(125-64(4)109)77(127-101)59-122-63(3)108)137-104-91(135-100(119)73-52-33-18-34-53-73)89(85(132-97(116)70-46-27-15-28-47-70)79(130-104)61-124-95(114)68-42-23-13-24-43-68)138-102-81(106-92(111)74-54-35-36-55-75(74)93(106)112)87(126-65(5)110)83(76(128-102)58-120-57-66-38-19-11-20-39-66)136-103-90(134-99(118)72-50-31-17-32-51-72)88(133-98(117)71-48-29-16-30-49-71)84(131-96(115)69-44-25-14-26-45-69)78(129-103)60-123-94(113)67-40-21-12-22-41-67/h11-36,38-55,76-91,101-104H,6-10,37,56-61H2,1-5H3,(H,105,107). The molecule has 34 nitrogen and oxygen atoms in total. The molecule has 722 valence electrons. The zero-order valence-electron chi connectivity index (χ0n) is 75.9. The van der Waals surface area contributed by atoms with Crippen LogP contribution in [0.2, 0.25) is 0 Å². The molecule has 1 N–H and O–H groups in total. The molecule has 9 aromatic carbocycles. The molecule has 4 fully saturated rings. The van der Waals surface area contributed by atoms with Crippen LogP contribution in [-0.4, -0.2) is 238 Å². The van der Waals surface area contributed by atoms with E-state index >= 15 is 28.8 Å². The van der Waals surface area contributed by atoms with Crippen LogP contribution in [0.15, 0.2) is 267 Å². The van der Waals surface area contributed by atoms with Gasteiger partial charge in [0.05, 0.1) is 63.3 Å². The number of hydrogen-bond donors (Lipinski definition) is 1. The maximum atomic E-state index is 16.2. The van der Waals surface area contributed by atoms with Gasteiger partial charge in [-0.3, -0.25) is 33.7 Å².